The number of nitrogens with one attached hydrogen (secondary N) is 1. The predicted octanol–water partition coefficient (Wildman–Crippen LogP) is 5.08. The van der Waals surface area contributed by atoms with Gasteiger partial charge in [-0.2, -0.15) is 0 Å². The molecule has 0 radical (unpaired) electrons. The molecule has 5 nitrogen and oxygen atoms in total. The normalized spacial score (nSPS) is 10.7. The van der Waals surface area contributed by atoms with Crippen LogP contribution < -0.4 is 5.32 Å². The maximum atomic E-state index is 12.0. The minimum Gasteiger partial charge on any atom is -0.411 e. The summed E-state index contributed by atoms with van der Waals surface area (Å²) in [5.74, 6) is 0.342. The zero-order valence-corrected chi connectivity index (χ0v) is 15.5. The Morgan fingerprint density at radius 3 is 2.64 bits per heavy atom. The summed E-state index contributed by atoms with van der Waals surface area (Å²) < 4.78 is 5.54. The molecule has 0 aliphatic heterocycles. The number of anilines is 1. The fourth-order valence-corrected chi connectivity index (χ4v) is 2.84. The fourth-order valence-electron chi connectivity index (χ4n) is 1.97. The Morgan fingerprint density at radius 2 is 1.92 bits per heavy atom. The molecule has 0 bridgehead atoms. The van der Waals surface area contributed by atoms with Gasteiger partial charge in [-0.05, 0) is 48.9 Å². The number of amides is 1. The van der Waals surface area contributed by atoms with Gasteiger partial charge in [0.1, 0.15) is 0 Å². The highest BCUT2D eigenvalue weighted by molar-refractivity contribution is 7.99. The van der Waals surface area contributed by atoms with E-state index in [-0.39, 0.29) is 11.7 Å². The fraction of sp³-hybridized carbons (Fsp3) is 0.118. The van der Waals surface area contributed by atoms with Crippen LogP contribution in [0.1, 0.15) is 5.56 Å². The van der Waals surface area contributed by atoms with Gasteiger partial charge in [-0.1, -0.05) is 41.0 Å². The molecule has 3 rings (SSSR count). The zero-order chi connectivity index (χ0) is 17.8. The number of carbonyl (C=O) groups excluding carboxylic acids is 1. The van der Waals surface area contributed by atoms with E-state index in [1.165, 1.54) is 0 Å². The van der Waals surface area contributed by atoms with Gasteiger partial charge < -0.3 is 9.73 Å². The summed E-state index contributed by atoms with van der Waals surface area (Å²) in [6, 6.07) is 12.4. The van der Waals surface area contributed by atoms with Crippen molar-refractivity contribution in [2.45, 2.75) is 12.1 Å². The third-order valence-electron chi connectivity index (χ3n) is 3.28. The van der Waals surface area contributed by atoms with E-state index >= 15 is 0 Å². The van der Waals surface area contributed by atoms with Gasteiger partial charge in [0.2, 0.25) is 11.8 Å². The quantitative estimate of drug-likeness (QED) is 0.611. The molecule has 0 unspecified atom stereocenters. The molecule has 0 fully saturated rings. The molecule has 0 aliphatic carbocycles. The van der Waals surface area contributed by atoms with Crippen molar-refractivity contribution in [2.24, 2.45) is 0 Å². The second-order valence-corrected chi connectivity index (χ2v) is 6.95. The average Bonchev–Trinajstić information content (AvgIpc) is 3.06. The van der Waals surface area contributed by atoms with Crippen LogP contribution in [0.3, 0.4) is 0 Å². The summed E-state index contributed by atoms with van der Waals surface area (Å²) in [5.41, 5.74) is 2.37. The van der Waals surface area contributed by atoms with Crippen molar-refractivity contribution in [1.82, 2.24) is 10.2 Å². The highest BCUT2D eigenvalue weighted by atomic mass is 35.5. The summed E-state index contributed by atoms with van der Waals surface area (Å²) in [4.78, 5) is 12.0. The highest BCUT2D eigenvalue weighted by Crippen LogP contribution is 2.25. The minimum atomic E-state index is -0.184. The van der Waals surface area contributed by atoms with Crippen molar-refractivity contribution >= 4 is 46.6 Å². The Labute approximate surface area is 158 Å². The van der Waals surface area contributed by atoms with E-state index in [1.807, 2.05) is 13.0 Å². The molecule has 8 heteroatoms. The topological polar surface area (TPSA) is 68.0 Å². The number of aryl methyl sites for hydroxylation is 1. The third-order valence-corrected chi connectivity index (χ3v) is 4.76. The molecule has 1 heterocycles. The van der Waals surface area contributed by atoms with Crippen molar-refractivity contribution in [2.75, 3.05) is 11.1 Å². The first-order chi connectivity index (χ1) is 12.0. The van der Waals surface area contributed by atoms with Crippen molar-refractivity contribution in [3.63, 3.8) is 0 Å². The Morgan fingerprint density at radius 1 is 1.16 bits per heavy atom. The second-order valence-electron chi connectivity index (χ2n) is 5.18. The lowest BCUT2D eigenvalue weighted by atomic mass is 10.2. The number of aromatic nitrogens is 2. The molecule has 1 aromatic heterocycles. The second kappa shape index (κ2) is 7.91. The predicted molar refractivity (Wildman–Crippen MR) is 100 cm³/mol. The molecule has 0 saturated heterocycles. The SMILES string of the molecule is Cc1ccc(NC(=O)CSc2nnc(-c3ccc(Cl)cc3)o2)cc1Cl. The number of hydrogen-bond donors (Lipinski definition) is 1. The molecule has 1 amide bonds. The van der Waals surface area contributed by atoms with Crippen LogP contribution in [0.4, 0.5) is 5.69 Å². The van der Waals surface area contributed by atoms with E-state index in [2.05, 4.69) is 15.5 Å². The molecule has 25 heavy (non-hydrogen) atoms. The number of carbonyl (C=O) groups is 1. The lowest BCUT2D eigenvalue weighted by Gasteiger charge is -2.05. The molecule has 1 N–H and O–H groups in total. The first-order valence-corrected chi connectivity index (χ1v) is 9.03. The average molecular weight is 394 g/mol. The molecule has 0 spiro atoms. The van der Waals surface area contributed by atoms with Crippen LogP contribution in [0, 0.1) is 6.92 Å². The first kappa shape index (κ1) is 17.8. The molecule has 3 aromatic rings. The maximum Gasteiger partial charge on any atom is 0.277 e. The van der Waals surface area contributed by atoms with Gasteiger partial charge in [-0.25, -0.2) is 0 Å². The Bertz CT molecular complexity index is 897. The molecule has 0 saturated carbocycles. The van der Waals surface area contributed by atoms with Gasteiger partial charge >= 0.3 is 0 Å². The Balaban J connectivity index is 1.57. The molecule has 0 aliphatic rings. The van der Waals surface area contributed by atoms with Gasteiger partial charge in [0.15, 0.2) is 0 Å². The smallest absolute Gasteiger partial charge is 0.277 e. The van der Waals surface area contributed by atoms with Crippen molar-refractivity contribution in [3.05, 3.63) is 58.1 Å². The minimum absolute atomic E-state index is 0.147. The first-order valence-electron chi connectivity index (χ1n) is 7.29. The van der Waals surface area contributed by atoms with E-state index in [4.69, 9.17) is 27.6 Å². The summed E-state index contributed by atoms with van der Waals surface area (Å²) >= 11 is 13.1. The summed E-state index contributed by atoms with van der Waals surface area (Å²) in [6.45, 7) is 1.90. The van der Waals surface area contributed by atoms with Crippen LogP contribution in [0.25, 0.3) is 11.5 Å². The van der Waals surface area contributed by atoms with Gasteiger partial charge in [-0.3, -0.25) is 4.79 Å². The largest absolute Gasteiger partial charge is 0.411 e. The molecule has 128 valence electrons. The lowest BCUT2D eigenvalue weighted by Crippen LogP contribution is -2.14. The van der Waals surface area contributed by atoms with E-state index in [1.54, 1.807) is 36.4 Å². The van der Waals surface area contributed by atoms with Crippen LogP contribution in [0.2, 0.25) is 10.0 Å². The number of hydrogen-bond acceptors (Lipinski definition) is 5. The standard InChI is InChI=1S/C17H13Cl2N3O2S/c1-10-2-7-13(8-14(10)19)20-15(23)9-25-17-22-21-16(24-17)11-3-5-12(18)6-4-11/h2-8H,9H2,1H3,(H,20,23). The Hall–Kier alpha value is -2.02. The van der Waals surface area contributed by atoms with E-state index < -0.39 is 0 Å². The molecular formula is C17H13Cl2N3O2S. The van der Waals surface area contributed by atoms with Crippen LogP contribution in [0.15, 0.2) is 52.1 Å². The zero-order valence-electron chi connectivity index (χ0n) is 13.1. The Kier molecular flexibility index (Phi) is 5.63. The van der Waals surface area contributed by atoms with Crippen LogP contribution in [0.5, 0.6) is 0 Å². The molecule has 0 atom stereocenters. The summed E-state index contributed by atoms with van der Waals surface area (Å²) in [7, 11) is 0. The van der Waals surface area contributed by atoms with E-state index in [9.17, 15) is 4.79 Å². The van der Waals surface area contributed by atoms with E-state index in [0.717, 1.165) is 22.9 Å². The molecular weight excluding hydrogens is 381 g/mol. The van der Waals surface area contributed by atoms with Crippen molar-refractivity contribution in [1.29, 1.82) is 0 Å². The molecule has 2 aromatic carbocycles. The van der Waals surface area contributed by atoms with Crippen molar-refractivity contribution in [3.8, 4) is 11.5 Å². The summed E-state index contributed by atoms with van der Waals surface area (Å²) in [5, 5.41) is 12.2. The lowest BCUT2D eigenvalue weighted by molar-refractivity contribution is -0.113. The van der Waals surface area contributed by atoms with Crippen LogP contribution >= 0.6 is 35.0 Å². The van der Waals surface area contributed by atoms with Crippen molar-refractivity contribution < 1.29 is 9.21 Å². The van der Waals surface area contributed by atoms with Gasteiger partial charge in [0.05, 0.1) is 5.75 Å². The van der Waals surface area contributed by atoms with Gasteiger partial charge in [0, 0.05) is 21.3 Å². The van der Waals surface area contributed by atoms with Gasteiger partial charge in [0.25, 0.3) is 5.22 Å². The number of halogens is 2. The number of thioether (sulfide) groups is 1. The number of nitrogens with zero attached hydrogens (tertiary/aromatic N) is 2. The highest BCUT2D eigenvalue weighted by Gasteiger charge is 2.11. The number of rotatable bonds is 5. The monoisotopic (exact) mass is 393 g/mol. The van der Waals surface area contributed by atoms with Gasteiger partial charge in [-0.15, -0.1) is 10.2 Å². The third kappa shape index (κ3) is 4.75. The van der Waals surface area contributed by atoms with Crippen LogP contribution in [-0.2, 0) is 4.79 Å². The summed E-state index contributed by atoms with van der Waals surface area (Å²) in [6.07, 6.45) is 0. The maximum absolute atomic E-state index is 12.0. The number of benzene rings is 2. The van der Waals surface area contributed by atoms with Crippen LogP contribution in [-0.4, -0.2) is 21.9 Å². The van der Waals surface area contributed by atoms with E-state index in [0.29, 0.717) is 26.8 Å².